The number of nitrogens with one attached hydrogen (secondary N) is 2. The van der Waals surface area contributed by atoms with Gasteiger partial charge >= 0.3 is 12.2 Å². The SMILES string of the molecule is COc1ccc(S(=O)(=O)N(CC(O)C(Cc2ccccc2)NC(=O)OC2COCOC2)CC(C)(C)CCC#N)cc1.COc1ccc(S(=O)(=O)N(CC(O)C(Cc2ccccc2)NC(=O)OC2COCOC2)CC(C)(C)CCC(N)=O)cc1. The molecule has 6 rings (SSSR count). The standard InChI is InChI=1S/C29H41N3O9S.C29H39N3O8S/c1-29(2,14-13-27(30)34)19-32(42(36,37)24-11-9-22(38-3)10-12-24)16-26(33)25(15-21-7-5-4-6-8-21)31-28(35)41-23-17-39-20-40-18-23;1-29(2,14-7-15-30)20-32(41(35,36)25-12-10-23(37-3)11-13-25)17-27(33)26(16-22-8-5-4-6-9-22)31-28(34)40-24-18-38-21-39-19-24/h4-12,23,25-26,33H,13-20H2,1-3H3,(H2,30,34)(H,31,35);4-6,8-13,24,26-27,33H,7,14,16-21H2,1-3H3,(H,31,34). The van der Waals surface area contributed by atoms with Gasteiger partial charge in [-0.2, -0.15) is 13.9 Å². The molecule has 0 bridgehead atoms. The van der Waals surface area contributed by atoms with Crippen molar-refractivity contribution in [2.75, 3.05) is 80.4 Å². The number of carbonyl (C=O) groups is 3. The molecule has 0 radical (unpaired) electrons. The van der Waals surface area contributed by atoms with Crippen molar-refractivity contribution in [1.82, 2.24) is 19.2 Å². The zero-order valence-electron chi connectivity index (χ0n) is 47.9. The van der Waals surface area contributed by atoms with Gasteiger partial charge in [0.15, 0.2) is 12.2 Å². The molecular weight excluding hydrogens is 1120 g/mol. The molecule has 2 saturated heterocycles. The number of nitrogens with two attached hydrogens (primary N) is 1. The molecule has 2 heterocycles. The number of hydrogen-bond acceptors (Lipinski definition) is 18. The van der Waals surface area contributed by atoms with Crippen LogP contribution in [0.4, 0.5) is 9.59 Å². The summed E-state index contributed by atoms with van der Waals surface area (Å²) in [6.07, 6.45) is -3.89. The van der Waals surface area contributed by atoms with E-state index in [2.05, 4.69) is 16.7 Å². The number of aliphatic hydroxyl groups is 2. The molecule has 2 fully saturated rings. The van der Waals surface area contributed by atoms with Gasteiger partial charge in [0.05, 0.1) is 80.8 Å². The van der Waals surface area contributed by atoms with Crippen LogP contribution in [0.3, 0.4) is 0 Å². The number of amides is 3. The maximum atomic E-state index is 13.9. The third-order valence-corrected chi connectivity index (χ3v) is 17.2. The number of rotatable bonds is 29. The molecule has 2 aliphatic heterocycles. The van der Waals surface area contributed by atoms with E-state index < -0.39 is 85.5 Å². The van der Waals surface area contributed by atoms with Gasteiger partial charge in [-0.25, -0.2) is 26.4 Å². The van der Waals surface area contributed by atoms with Gasteiger partial charge in [0.1, 0.15) is 25.1 Å². The number of ether oxygens (including phenoxy) is 8. The van der Waals surface area contributed by atoms with Crippen LogP contribution in [-0.2, 0) is 66.1 Å². The van der Waals surface area contributed by atoms with E-state index in [0.717, 1.165) is 11.1 Å². The lowest BCUT2D eigenvalue weighted by atomic mass is 9.87. The Kier molecular flexibility index (Phi) is 26.4. The number of nitriles is 1. The van der Waals surface area contributed by atoms with Gasteiger partial charge < -0.3 is 64.5 Å². The Morgan fingerprint density at radius 2 is 0.988 bits per heavy atom. The number of benzene rings is 4. The van der Waals surface area contributed by atoms with E-state index in [1.165, 1.54) is 59.2 Å². The maximum absolute atomic E-state index is 13.9. The second-order valence-electron chi connectivity index (χ2n) is 21.7. The summed E-state index contributed by atoms with van der Waals surface area (Å²) >= 11 is 0. The van der Waals surface area contributed by atoms with Crippen LogP contribution in [0.2, 0.25) is 0 Å². The summed E-state index contributed by atoms with van der Waals surface area (Å²) in [5, 5.41) is 37.5. The van der Waals surface area contributed by atoms with Crippen LogP contribution in [-0.4, -0.2) is 171 Å². The molecule has 4 aromatic carbocycles. The van der Waals surface area contributed by atoms with E-state index >= 15 is 0 Å². The Labute approximate surface area is 487 Å². The number of alkyl carbamates (subject to hydrolysis) is 2. The van der Waals surface area contributed by atoms with Crippen molar-refractivity contribution in [2.24, 2.45) is 16.6 Å². The van der Waals surface area contributed by atoms with Crippen LogP contribution < -0.4 is 25.8 Å². The Morgan fingerprint density at radius 3 is 1.33 bits per heavy atom. The van der Waals surface area contributed by atoms with E-state index in [9.17, 15) is 41.4 Å². The normalized spacial score (nSPS) is 16.0. The zero-order valence-corrected chi connectivity index (χ0v) is 49.6. The first-order valence-electron chi connectivity index (χ1n) is 27.1. The summed E-state index contributed by atoms with van der Waals surface area (Å²) in [6.45, 7) is 7.72. The van der Waals surface area contributed by atoms with Crippen molar-refractivity contribution in [2.45, 2.75) is 113 Å². The number of aliphatic hydroxyl groups excluding tert-OH is 2. The molecule has 0 aromatic heterocycles. The van der Waals surface area contributed by atoms with Gasteiger partial charge in [0.2, 0.25) is 26.0 Å². The molecular formula is C58H80N6O17S2. The average molecular weight is 1200 g/mol. The number of hydrogen-bond donors (Lipinski definition) is 5. The van der Waals surface area contributed by atoms with Gasteiger partial charge in [-0.05, 0) is 96.2 Å². The summed E-state index contributed by atoms with van der Waals surface area (Å²) in [7, 11) is -5.24. The first-order valence-corrected chi connectivity index (χ1v) is 29.9. The highest BCUT2D eigenvalue weighted by atomic mass is 32.2. The highest BCUT2D eigenvalue weighted by Crippen LogP contribution is 2.31. The first-order chi connectivity index (χ1) is 39.4. The zero-order chi connectivity index (χ0) is 60.6. The smallest absolute Gasteiger partial charge is 0.407 e. The van der Waals surface area contributed by atoms with E-state index in [0.29, 0.717) is 24.3 Å². The maximum Gasteiger partial charge on any atom is 0.407 e. The number of sulfonamides is 2. The van der Waals surface area contributed by atoms with Gasteiger partial charge in [0, 0.05) is 39.0 Å². The van der Waals surface area contributed by atoms with Gasteiger partial charge in [-0.3, -0.25) is 4.79 Å². The van der Waals surface area contributed by atoms with E-state index in [-0.39, 0.29) is 102 Å². The minimum atomic E-state index is -4.13. The van der Waals surface area contributed by atoms with Crippen molar-refractivity contribution in [3.63, 3.8) is 0 Å². The first kappa shape index (κ1) is 67.4. The second kappa shape index (κ2) is 32.6. The van der Waals surface area contributed by atoms with Crippen LogP contribution in [0, 0.1) is 22.2 Å². The summed E-state index contributed by atoms with van der Waals surface area (Å²) < 4.78 is 99.7. The van der Waals surface area contributed by atoms with Crippen LogP contribution in [0.1, 0.15) is 64.5 Å². The topological polar surface area (TPSA) is 314 Å². The van der Waals surface area contributed by atoms with Crippen LogP contribution in [0.25, 0.3) is 0 Å². The summed E-state index contributed by atoms with van der Waals surface area (Å²) in [5.41, 5.74) is 5.76. The van der Waals surface area contributed by atoms with Crippen LogP contribution in [0.5, 0.6) is 11.5 Å². The van der Waals surface area contributed by atoms with Crippen molar-refractivity contribution >= 4 is 38.1 Å². The van der Waals surface area contributed by atoms with Crippen LogP contribution >= 0.6 is 0 Å². The molecule has 456 valence electrons. The molecule has 83 heavy (non-hydrogen) atoms. The van der Waals surface area contributed by atoms with Gasteiger partial charge in [0.25, 0.3) is 0 Å². The number of carbonyl (C=O) groups excluding carboxylic acids is 3. The summed E-state index contributed by atoms with van der Waals surface area (Å²) in [4.78, 5) is 37.1. The minimum Gasteiger partial charge on any atom is -0.497 e. The van der Waals surface area contributed by atoms with Crippen LogP contribution in [0.15, 0.2) is 119 Å². The minimum absolute atomic E-state index is 0.00507. The Bertz CT molecular complexity index is 2890. The second-order valence-corrected chi connectivity index (χ2v) is 25.6. The lowest BCUT2D eigenvalue weighted by Crippen LogP contribution is -2.52. The van der Waals surface area contributed by atoms with E-state index in [4.69, 9.17) is 48.9 Å². The monoisotopic (exact) mass is 1200 g/mol. The largest absolute Gasteiger partial charge is 0.497 e. The van der Waals surface area contributed by atoms with Crippen molar-refractivity contribution in [1.29, 1.82) is 5.26 Å². The van der Waals surface area contributed by atoms with Crippen molar-refractivity contribution in [3.05, 3.63) is 120 Å². The molecule has 6 N–H and O–H groups in total. The molecule has 2 aliphatic rings. The fourth-order valence-corrected chi connectivity index (χ4v) is 12.3. The Balaban J connectivity index is 0.000000304. The average Bonchev–Trinajstić information content (AvgIpc) is 3.47. The molecule has 23 nitrogen and oxygen atoms in total. The molecule has 0 saturated carbocycles. The van der Waals surface area contributed by atoms with Gasteiger partial charge in [-0.15, -0.1) is 0 Å². The molecule has 25 heteroatoms. The quantitative estimate of drug-likeness (QED) is 0.0470. The molecule has 4 atom stereocenters. The highest BCUT2D eigenvalue weighted by molar-refractivity contribution is 7.89. The van der Waals surface area contributed by atoms with Crippen molar-refractivity contribution < 1.29 is 79.3 Å². The predicted molar refractivity (Wildman–Crippen MR) is 305 cm³/mol. The highest BCUT2D eigenvalue weighted by Gasteiger charge is 2.37. The molecule has 3 amide bonds. The summed E-state index contributed by atoms with van der Waals surface area (Å²) in [5.74, 6) is 0.498. The fourth-order valence-electron chi connectivity index (χ4n) is 8.97. The number of primary amides is 1. The lowest BCUT2D eigenvalue weighted by Gasteiger charge is -2.35. The molecule has 4 aromatic rings. The molecule has 0 spiro atoms. The van der Waals surface area contributed by atoms with E-state index in [1.54, 1.807) is 12.1 Å². The fraction of sp³-hybridized carbons (Fsp3) is 0.517. The molecule has 0 aliphatic carbocycles. The third kappa shape index (κ3) is 22.6. The summed E-state index contributed by atoms with van der Waals surface area (Å²) in [6, 6.07) is 30.7. The predicted octanol–water partition coefficient (Wildman–Crippen LogP) is 5.14. The van der Waals surface area contributed by atoms with Gasteiger partial charge in [-0.1, -0.05) is 88.4 Å². The number of nitrogens with zero attached hydrogens (tertiary/aromatic N) is 3. The molecule has 4 unspecified atom stereocenters. The Morgan fingerprint density at radius 1 is 0.627 bits per heavy atom. The lowest BCUT2D eigenvalue weighted by molar-refractivity contribution is -0.151. The third-order valence-electron chi connectivity index (χ3n) is 13.6. The Hall–Kier alpha value is -6.44. The van der Waals surface area contributed by atoms with Crippen molar-refractivity contribution in [3.8, 4) is 17.6 Å². The number of methoxy groups -OCH3 is 2. The van der Waals surface area contributed by atoms with E-state index in [1.807, 2.05) is 88.4 Å².